The predicted octanol–water partition coefficient (Wildman–Crippen LogP) is 2.67. The van der Waals surface area contributed by atoms with Crippen LogP contribution >= 0.6 is 11.6 Å². The molecule has 0 spiro atoms. The van der Waals surface area contributed by atoms with Crippen molar-refractivity contribution in [2.75, 3.05) is 0 Å². The van der Waals surface area contributed by atoms with Crippen molar-refractivity contribution in [3.05, 3.63) is 69.5 Å². The van der Waals surface area contributed by atoms with Gasteiger partial charge < -0.3 is 14.7 Å². The Kier molecular flexibility index (Phi) is 3.51. The lowest BCUT2D eigenvalue weighted by Crippen LogP contribution is -2.09. The molecule has 25 heavy (non-hydrogen) atoms. The van der Waals surface area contributed by atoms with Crippen molar-refractivity contribution in [3.63, 3.8) is 0 Å². The van der Waals surface area contributed by atoms with E-state index in [0.717, 1.165) is 16.5 Å². The molecular formula is C17H11ClN4O3. The minimum Gasteiger partial charge on any atom is -0.478 e. The summed E-state index contributed by atoms with van der Waals surface area (Å²) in [6, 6.07) is 7.49. The summed E-state index contributed by atoms with van der Waals surface area (Å²) in [4.78, 5) is 34.2. The van der Waals surface area contributed by atoms with Crippen molar-refractivity contribution >= 4 is 39.5 Å². The van der Waals surface area contributed by atoms with E-state index < -0.39 is 11.5 Å². The third kappa shape index (κ3) is 2.64. The molecule has 1 aromatic carbocycles. The van der Waals surface area contributed by atoms with E-state index in [4.69, 9.17) is 11.6 Å². The number of carboxylic acids is 1. The van der Waals surface area contributed by atoms with Gasteiger partial charge in [0.2, 0.25) is 0 Å². The Hall–Kier alpha value is -3.19. The summed E-state index contributed by atoms with van der Waals surface area (Å²) in [7, 11) is 0. The fourth-order valence-corrected chi connectivity index (χ4v) is 3.03. The Morgan fingerprint density at radius 2 is 2.12 bits per heavy atom. The van der Waals surface area contributed by atoms with Gasteiger partial charge in [0, 0.05) is 24.3 Å². The number of aromatic nitrogens is 4. The summed E-state index contributed by atoms with van der Waals surface area (Å²) in [5.41, 5.74) is 1.50. The van der Waals surface area contributed by atoms with Crippen LogP contribution in [0.15, 0.2) is 47.8 Å². The SMILES string of the molecule is O=C(O)c1cn(Cc2ccc3ncc(Cl)cc3c2)c2nc[nH]c(=O)c12. The van der Waals surface area contributed by atoms with E-state index in [2.05, 4.69) is 15.0 Å². The van der Waals surface area contributed by atoms with E-state index in [9.17, 15) is 14.7 Å². The van der Waals surface area contributed by atoms with Crippen LogP contribution < -0.4 is 5.56 Å². The first kappa shape index (κ1) is 15.3. The van der Waals surface area contributed by atoms with Crippen LogP contribution in [0.4, 0.5) is 0 Å². The summed E-state index contributed by atoms with van der Waals surface area (Å²) in [5.74, 6) is -1.17. The standard InChI is InChI=1S/C17H11ClN4O3/c18-11-4-10-3-9(1-2-13(10)19-5-11)6-22-7-12(17(24)25)14-15(22)20-8-21-16(14)23/h1-5,7-8H,6H2,(H,24,25)(H,20,21,23). The number of rotatable bonds is 3. The van der Waals surface area contributed by atoms with Gasteiger partial charge in [0.25, 0.3) is 5.56 Å². The zero-order valence-electron chi connectivity index (χ0n) is 12.7. The maximum absolute atomic E-state index is 12.0. The van der Waals surface area contributed by atoms with Gasteiger partial charge in [-0.15, -0.1) is 0 Å². The van der Waals surface area contributed by atoms with Crippen LogP contribution in [-0.2, 0) is 6.54 Å². The largest absolute Gasteiger partial charge is 0.478 e. The van der Waals surface area contributed by atoms with Gasteiger partial charge in [-0.05, 0) is 23.8 Å². The van der Waals surface area contributed by atoms with Crippen LogP contribution in [0.5, 0.6) is 0 Å². The predicted molar refractivity (Wildman–Crippen MR) is 93.2 cm³/mol. The second kappa shape index (κ2) is 5.71. The molecule has 0 unspecified atom stereocenters. The quantitative estimate of drug-likeness (QED) is 0.589. The Labute approximate surface area is 145 Å². The number of carboxylic acid groups (broad SMARTS) is 1. The van der Waals surface area contributed by atoms with Crippen LogP contribution in [0.2, 0.25) is 5.02 Å². The van der Waals surface area contributed by atoms with E-state index in [1.807, 2.05) is 24.3 Å². The van der Waals surface area contributed by atoms with Crippen molar-refractivity contribution in [2.45, 2.75) is 6.54 Å². The van der Waals surface area contributed by atoms with E-state index in [0.29, 0.717) is 17.2 Å². The average Bonchev–Trinajstić information content (AvgIpc) is 2.95. The van der Waals surface area contributed by atoms with Crippen LogP contribution in [0.25, 0.3) is 21.9 Å². The van der Waals surface area contributed by atoms with Crippen molar-refractivity contribution in [2.24, 2.45) is 0 Å². The minimum absolute atomic E-state index is 0.0699. The van der Waals surface area contributed by atoms with Gasteiger partial charge in [-0.2, -0.15) is 0 Å². The number of hydrogen-bond acceptors (Lipinski definition) is 4. The summed E-state index contributed by atoms with van der Waals surface area (Å²) < 4.78 is 1.65. The molecule has 0 aliphatic carbocycles. The number of halogens is 1. The number of aromatic carboxylic acids is 1. The van der Waals surface area contributed by atoms with Gasteiger partial charge in [-0.3, -0.25) is 9.78 Å². The topological polar surface area (TPSA) is 101 Å². The van der Waals surface area contributed by atoms with Crippen LogP contribution in [-0.4, -0.2) is 30.6 Å². The maximum atomic E-state index is 12.0. The monoisotopic (exact) mass is 354 g/mol. The van der Waals surface area contributed by atoms with Crippen molar-refractivity contribution in [3.8, 4) is 0 Å². The van der Waals surface area contributed by atoms with Crippen LogP contribution in [0, 0.1) is 0 Å². The summed E-state index contributed by atoms with van der Waals surface area (Å²) in [6.45, 7) is 0.364. The molecule has 2 N–H and O–H groups in total. The molecule has 0 fully saturated rings. The number of fused-ring (bicyclic) bond motifs is 2. The fourth-order valence-electron chi connectivity index (χ4n) is 2.86. The Balaban J connectivity index is 1.85. The second-order valence-corrected chi connectivity index (χ2v) is 6.02. The molecule has 4 aromatic rings. The molecule has 3 heterocycles. The highest BCUT2D eigenvalue weighted by Gasteiger charge is 2.18. The fraction of sp³-hybridized carbons (Fsp3) is 0.0588. The van der Waals surface area contributed by atoms with Crippen molar-refractivity contribution in [1.29, 1.82) is 0 Å². The van der Waals surface area contributed by atoms with E-state index in [1.165, 1.54) is 12.5 Å². The highest BCUT2D eigenvalue weighted by atomic mass is 35.5. The van der Waals surface area contributed by atoms with Gasteiger partial charge in [0.15, 0.2) is 0 Å². The normalized spacial score (nSPS) is 11.2. The van der Waals surface area contributed by atoms with Gasteiger partial charge in [0.05, 0.1) is 27.8 Å². The molecule has 0 saturated carbocycles. The van der Waals surface area contributed by atoms with Crippen LogP contribution in [0.3, 0.4) is 0 Å². The van der Waals surface area contributed by atoms with Gasteiger partial charge >= 0.3 is 5.97 Å². The van der Waals surface area contributed by atoms with E-state index in [-0.39, 0.29) is 10.9 Å². The molecule has 0 radical (unpaired) electrons. The summed E-state index contributed by atoms with van der Waals surface area (Å²) in [6.07, 6.45) is 4.27. The number of aromatic amines is 1. The molecule has 3 aromatic heterocycles. The molecule has 8 heteroatoms. The second-order valence-electron chi connectivity index (χ2n) is 5.59. The lowest BCUT2D eigenvalue weighted by Gasteiger charge is -2.06. The number of nitrogens with one attached hydrogen (secondary N) is 1. The molecular weight excluding hydrogens is 344 g/mol. The number of benzene rings is 1. The third-order valence-corrected chi connectivity index (χ3v) is 4.16. The molecule has 0 atom stereocenters. The van der Waals surface area contributed by atoms with Crippen molar-refractivity contribution < 1.29 is 9.90 Å². The third-order valence-electron chi connectivity index (χ3n) is 3.96. The minimum atomic E-state index is -1.17. The van der Waals surface area contributed by atoms with Crippen LogP contribution in [0.1, 0.15) is 15.9 Å². The van der Waals surface area contributed by atoms with Gasteiger partial charge in [0.1, 0.15) is 5.65 Å². The van der Waals surface area contributed by atoms with E-state index >= 15 is 0 Å². The average molecular weight is 355 g/mol. The van der Waals surface area contributed by atoms with Gasteiger partial charge in [-0.25, -0.2) is 9.78 Å². The van der Waals surface area contributed by atoms with Crippen molar-refractivity contribution in [1.82, 2.24) is 19.5 Å². The first-order chi connectivity index (χ1) is 12.0. The Bertz CT molecular complexity index is 1200. The number of pyridine rings is 1. The van der Waals surface area contributed by atoms with Gasteiger partial charge in [-0.1, -0.05) is 17.7 Å². The molecule has 0 aliphatic heterocycles. The zero-order chi connectivity index (χ0) is 17.6. The molecule has 124 valence electrons. The Morgan fingerprint density at radius 3 is 2.92 bits per heavy atom. The maximum Gasteiger partial charge on any atom is 0.338 e. The lowest BCUT2D eigenvalue weighted by molar-refractivity contribution is 0.0698. The van der Waals surface area contributed by atoms with E-state index in [1.54, 1.807) is 10.8 Å². The molecule has 0 bridgehead atoms. The highest BCUT2D eigenvalue weighted by molar-refractivity contribution is 6.31. The number of hydrogen-bond donors (Lipinski definition) is 2. The first-order valence-corrected chi connectivity index (χ1v) is 7.75. The summed E-state index contributed by atoms with van der Waals surface area (Å²) >= 11 is 5.98. The number of H-pyrrole nitrogens is 1. The zero-order valence-corrected chi connectivity index (χ0v) is 13.5. The highest BCUT2D eigenvalue weighted by Crippen LogP contribution is 2.21. The number of nitrogens with zero attached hydrogens (tertiary/aromatic N) is 3. The molecule has 0 amide bonds. The number of carbonyl (C=O) groups is 1. The summed E-state index contributed by atoms with van der Waals surface area (Å²) in [5, 5.41) is 10.8. The molecule has 0 saturated heterocycles. The molecule has 0 aliphatic rings. The smallest absolute Gasteiger partial charge is 0.338 e. The molecule has 7 nitrogen and oxygen atoms in total. The molecule has 4 rings (SSSR count). The first-order valence-electron chi connectivity index (χ1n) is 7.37. The Morgan fingerprint density at radius 1 is 1.28 bits per heavy atom. The lowest BCUT2D eigenvalue weighted by atomic mass is 10.1.